The maximum Gasteiger partial charge on any atom is 0.321 e. The van der Waals surface area contributed by atoms with Gasteiger partial charge < -0.3 is 19.5 Å². The van der Waals surface area contributed by atoms with Crippen molar-refractivity contribution in [2.24, 2.45) is 0 Å². The number of methoxy groups -OCH3 is 1. The van der Waals surface area contributed by atoms with Crippen LogP contribution in [-0.4, -0.2) is 36.3 Å². The molecule has 0 spiro atoms. The lowest BCUT2D eigenvalue weighted by Crippen LogP contribution is -2.40. The van der Waals surface area contributed by atoms with Crippen LogP contribution in [0.2, 0.25) is 0 Å². The molecule has 22 heavy (non-hydrogen) atoms. The lowest BCUT2D eigenvalue weighted by Gasteiger charge is -2.30. The molecule has 116 valence electrons. The molecule has 0 unspecified atom stereocenters. The van der Waals surface area contributed by atoms with Gasteiger partial charge >= 0.3 is 6.03 Å². The summed E-state index contributed by atoms with van der Waals surface area (Å²) >= 11 is 0. The first-order chi connectivity index (χ1) is 10.8. The molecule has 1 fully saturated rings. The second-order valence-electron chi connectivity index (χ2n) is 5.33. The highest BCUT2D eigenvalue weighted by Gasteiger charge is 2.26. The van der Waals surface area contributed by atoms with Crippen molar-refractivity contribution in [1.29, 1.82) is 0 Å². The molecule has 2 amide bonds. The van der Waals surface area contributed by atoms with Crippen LogP contribution in [0.4, 0.5) is 10.5 Å². The molecule has 1 aliphatic rings. The fraction of sp³-hybridized carbons (Fsp3) is 0.375. The standard InChI is InChI=1S/C16H19N3O3/c1-21-15-11-14(22-18-15)12-7-9-19(10-8-12)16(20)17-13-5-3-2-4-6-13/h2-6,11-12H,7-10H2,1H3,(H,17,20). The number of anilines is 1. The van der Waals surface area contributed by atoms with Gasteiger partial charge in [0.2, 0.25) is 0 Å². The molecule has 0 atom stereocenters. The Morgan fingerprint density at radius 1 is 1.32 bits per heavy atom. The van der Waals surface area contributed by atoms with E-state index in [0.29, 0.717) is 19.0 Å². The van der Waals surface area contributed by atoms with E-state index >= 15 is 0 Å². The van der Waals surface area contributed by atoms with E-state index in [2.05, 4.69) is 10.5 Å². The quantitative estimate of drug-likeness (QED) is 0.946. The minimum absolute atomic E-state index is 0.0557. The van der Waals surface area contributed by atoms with Crippen LogP contribution in [0.15, 0.2) is 40.9 Å². The summed E-state index contributed by atoms with van der Waals surface area (Å²) in [6.45, 7) is 1.40. The summed E-state index contributed by atoms with van der Waals surface area (Å²) in [7, 11) is 1.57. The molecule has 0 bridgehead atoms. The Kier molecular flexibility index (Phi) is 4.27. The highest BCUT2D eigenvalue weighted by Crippen LogP contribution is 2.30. The van der Waals surface area contributed by atoms with E-state index in [4.69, 9.17) is 9.26 Å². The van der Waals surface area contributed by atoms with Gasteiger partial charge in [-0.15, -0.1) is 0 Å². The van der Waals surface area contributed by atoms with E-state index < -0.39 is 0 Å². The molecule has 6 nitrogen and oxygen atoms in total. The van der Waals surface area contributed by atoms with Gasteiger partial charge in [-0.2, -0.15) is 0 Å². The summed E-state index contributed by atoms with van der Waals surface area (Å²) in [6.07, 6.45) is 1.72. The molecule has 0 aliphatic carbocycles. The number of ether oxygens (including phenoxy) is 1. The van der Waals surface area contributed by atoms with E-state index in [9.17, 15) is 4.79 Å². The Balaban J connectivity index is 1.54. The number of hydrogen-bond acceptors (Lipinski definition) is 4. The molecule has 1 N–H and O–H groups in total. The number of benzene rings is 1. The van der Waals surface area contributed by atoms with Gasteiger partial charge in [-0.3, -0.25) is 0 Å². The molecule has 6 heteroatoms. The maximum atomic E-state index is 12.2. The van der Waals surface area contributed by atoms with Crippen molar-refractivity contribution >= 4 is 11.7 Å². The van der Waals surface area contributed by atoms with Gasteiger partial charge in [-0.05, 0) is 30.1 Å². The Bertz CT molecular complexity index is 619. The second-order valence-corrected chi connectivity index (χ2v) is 5.33. The van der Waals surface area contributed by atoms with Crippen molar-refractivity contribution in [3.05, 3.63) is 42.2 Å². The molecular formula is C16H19N3O3. The van der Waals surface area contributed by atoms with Crippen molar-refractivity contribution < 1.29 is 14.1 Å². The smallest absolute Gasteiger partial charge is 0.321 e. The van der Waals surface area contributed by atoms with Crippen LogP contribution >= 0.6 is 0 Å². The Morgan fingerprint density at radius 3 is 2.68 bits per heavy atom. The Morgan fingerprint density at radius 2 is 2.05 bits per heavy atom. The number of nitrogens with one attached hydrogen (secondary N) is 1. The predicted octanol–water partition coefficient (Wildman–Crippen LogP) is 3.09. The van der Waals surface area contributed by atoms with Crippen molar-refractivity contribution in [1.82, 2.24) is 10.1 Å². The van der Waals surface area contributed by atoms with E-state index in [1.165, 1.54) is 0 Å². The number of para-hydroxylation sites is 1. The Hall–Kier alpha value is -2.50. The van der Waals surface area contributed by atoms with Crippen molar-refractivity contribution in [3.63, 3.8) is 0 Å². The second kappa shape index (κ2) is 6.51. The monoisotopic (exact) mass is 301 g/mol. The zero-order valence-electron chi connectivity index (χ0n) is 12.5. The third-order valence-electron chi connectivity index (χ3n) is 3.93. The number of rotatable bonds is 3. The highest BCUT2D eigenvalue weighted by atomic mass is 16.5. The zero-order chi connectivity index (χ0) is 15.4. The minimum Gasteiger partial charge on any atom is -0.479 e. The molecule has 1 aliphatic heterocycles. The number of piperidine rings is 1. The lowest BCUT2D eigenvalue weighted by molar-refractivity contribution is 0.188. The summed E-state index contributed by atoms with van der Waals surface area (Å²) < 4.78 is 10.3. The van der Waals surface area contributed by atoms with E-state index in [1.54, 1.807) is 7.11 Å². The van der Waals surface area contributed by atoms with Crippen LogP contribution in [0.1, 0.15) is 24.5 Å². The molecule has 3 rings (SSSR count). The zero-order valence-corrected chi connectivity index (χ0v) is 12.5. The number of amides is 2. The van der Waals surface area contributed by atoms with Gasteiger partial charge in [0, 0.05) is 30.8 Å². The first-order valence-electron chi connectivity index (χ1n) is 7.38. The first kappa shape index (κ1) is 14.4. The molecule has 1 aromatic carbocycles. The number of carbonyl (C=O) groups is 1. The van der Waals surface area contributed by atoms with Crippen molar-refractivity contribution in [2.45, 2.75) is 18.8 Å². The molecule has 1 saturated heterocycles. The number of carbonyl (C=O) groups excluding carboxylic acids is 1. The topological polar surface area (TPSA) is 67.6 Å². The largest absolute Gasteiger partial charge is 0.479 e. The molecule has 0 radical (unpaired) electrons. The fourth-order valence-electron chi connectivity index (χ4n) is 2.65. The predicted molar refractivity (Wildman–Crippen MR) is 82.1 cm³/mol. The highest BCUT2D eigenvalue weighted by molar-refractivity contribution is 5.89. The van der Waals surface area contributed by atoms with Crippen LogP contribution in [0.3, 0.4) is 0 Å². The SMILES string of the molecule is COc1cc(C2CCN(C(=O)Nc3ccccc3)CC2)on1. The lowest BCUT2D eigenvalue weighted by atomic mass is 9.94. The average molecular weight is 301 g/mol. The number of likely N-dealkylation sites (tertiary alicyclic amines) is 1. The molecule has 0 saturated carbocycles. The van der Waals surface area contributed by atoms with E-state index in [0.717, 1.165) is 24.3 Å². The Labute approximate surface area is 129 Å². The molecular weight excluding hydrogens is 282 g/mol. The van der Waals surface area contributed by atoms with Crippen LogP contribution in [0, 0.1) is 0 Å². The number of aromatic nitrogens is 1. The molecule has 1 aromatic heterocycles. The van der Waals surface area contributed by atoms with Gasteiger partial charge in [-0.1, -0.05) is 18.2 Å². The fourth-order valence-corrected chi connectivity index (χ4v) is 2.65. The van der Waals surface area contributed by atoms with E-state index in [1.807, 2.05) is 41.3 Å². The molecule has 2 heterocycles. The maximum absolute atomic E-state index is 12.2. The third kappa shape index (κ3) is 3.21. The number of nitrogens with zero attached hydrogens (tertiary/aromatic N) is 2. The van der Waals surface area contributed by atoms with Crippen LogP contribution in [-0.2, 0) is 0 Å². The van der Waals surface area contributed by atoms with Crippen molar-refractivity contribution in [3.8, 4) is 5.88 Å². The van der Waals surface area contributed by atoms with Gasteiger partial charge in [0.1, 0.15) is 5.76 Å². The number of hydrogen-bond donors (Lipinski definition) is 1. The van der Waals surface area contributed by atoms with Gasteiger partial charge in [-0.25, -0.2) is 4.79 Å². The summed E-state index contributed by atoms with van der Waals surface area (Å²) in [5, 5.41) is 6.74. The summed E-state index contributed by atoms with van der Waals surface area (Å²) in [4.78, 5) is 14.1. The van der Waals surface area contributed by atoms with E-state index in [-0.39, 0.29) is 11.9 Å². The normalized spacial score (nSPS) is 15.6. The van der Waals surface area contributed by atoms with Crippen LogP contribution in [0.5, 0.6) is 5.88 Å². The number of urea groups is 1. The van der Waals surface area contributed by atoms with Crippen LogP contribution < -0.4 is 10.1 Å². The first-order valence-corrected chi connectivity index (χ1v) is 7.38. The van der Waals surface area contributed by atoms with Gasteiger partial charge in [0.05, 0.1) is 7.11 Å². The summed E-state index contributed by atoms with van der Waals surface area (Å²) in [6, 6.07) is 11.3. The average Bonchev–Trinajstić information content (AvgIpc) is 3.05. The third-order valence-corrected chi connectivity index (χ3v) is 3.93. The molecule has 2 aromatic rings. The van der Waals surface area contributed by atoms with Gasteiger partial charge in [0.15, 0.2) is 0 Å². The minimum atomic E-state index is -0.0557. The summed E-state index contributed by atoms with van der Waals surface area (Å²) in [5.74, 6) is 1.62. The van der Waals surface area contributed by atoms with Gasteiger partial charge in [0.25, 0.3) is 5.88 Å². The summed E-state index contributed by atoms with van der Waals surface area (Å²) in [5.41, 5.74) is 0.814. The van der Waals surface area contributed by atoms with Crippen molar-refractivity contribution in [2.75, 3.05) is 25.5 Å². The van der Waals surface area contributed by atoms with Crippen LogP contribution in [0.25, 0.3) is 0 Å².